The predicted molar refractivity (Wildman–Crippen MR) is 55.6 cm³/mol. The van der Waals surface area contributed by atoms with Crippen LogP contribution < -0.4 is 5.73 Å². The zero-order valence-corrected chi connectivity index (χ0v) is 8.23. The summed E-state index contributed by atoms with van der Waals surface area (Å²) in [6.45, 7) is 2.00. The molecule has 0 saturated carbocycles. The van der Waals surface area contributed by atoms with E-state index >= 15 is 0 Å². The van der Waals surface area contributed by atoms with Crippen LogP contribution >= 0.6 is 0 Å². The number of nitrogens with two attached hydrogens (primary N) is 1. The van der Waals surface area contributed by atoms with Gasteiger partial charge in [0.25, 0.3) is 0 Å². The number of rotatable bonds is 1. The second kappa shape index (κ2) is 3.14. The predicted octanol–water partition coefficient (Wildman–Crippen LogP) is 1.37. The standard InChI is InChI=1S/C10H12N4/c1-7-3-8(5-12-4-7)10-9(11)6-13-14(10)2/h3-6H,11H2,1-2H3. The fourth-order valence-corrected chi connectivity index (χ4v) is 1.49. The van der Waals surface area contributed by atoms with Gasteiger partial charge in [0.1, 0.15) is 0 Å². The maximum atomic E-state index is 5.81. The lowest BCUT2D eigenvalue weighted by Crippen LogP contribution is -1.96. The van der Waals surface area contributed by atoms with Crippen LogP contribution in [0.3, 0.4) is 0 Å². The molecule has 0 bridgehead atoms. The van der Waals surface area contributed by atoms with Gasteiger partial charge in [-0.05, 0) is 18.6 Å². The molecule has 0 aliphatic rings. The summed E-state index contributed by atoms with van der Waals surface area (Å²) in [4.78, 5) is 4.13. The van der Waals surface area contributed by atoms with Crippen molar-refractivity contribution < 1.29 is 0 Å². The summed E-state index contributed by atoms with van der Waals surface area (Å²) in [7, 11) is 1.87. The third kappa shape index (κ3) is 1.35. The van der Waals surface area contributed by atoms with Gasteiger partial charge in [0.2, 0.25) is 0 Å². The first kappa shape index (κ1) is 8.74. The second-order valence-corrected chi connectivity index (χ2v) is 3.32. The maximum absolute atomic E-state index is 5.81. The molecule has 0 fully saturated rings. The molecule has 2 aromatic rings. The van der Waals surface area contributed by atoms with E-state index in [2.05, 4.69) is 10.1 Å². The van der Waals surface area contributed by atoms with Gasteiger partial charge < -0.3 is 5.73 Å². The van der Waals surface area contributed by atoms with Crippen molar-refractivity contribution in [3.05, 3.63) is 30.2 Å². The van der Waals surface area contributed by atoms with Crippen molar-refractivity contribution >= 4 is 5.69 Å². The molecule has 0 amide bonds. The third-order valence-electron chi connectivity index (χ3n) is 2.12. The minimum atomic E-state index is 0.680. The zero-order valence-electron chi connectivity index (χ0n) is 8.23. The Morgan fingerprint density at radius 1 is 1.29 bits per heavy atom. The lowest BCUT2D eigenvalue weighted by atomic mass is 10.1. The van der Waals surface area contributed by atoms with E-state index in [9.17, 15) is 0 Å². The van der Waals surface area contributed by atoms with Gasteiger partial charge in [0.15, 0.2) is 0 Å². The molecule has 14 heavy (non-hydrogen) atoms. The second-order valence-electron chi connectivity index (χ2n) is 3.32. The monoisotopic (exact) mass is 188 g/mol. The molecule has 0 radical (unpaired) electrons. The Balaban J connectivity index is 2.59. The summed E-state index contributed by atoms with van der Waals surface area (Å²) in [6, 6.07) is 2.04. The fourth-order valence-electron chi connectivity index (χ4n) is 1.49. The Morgan fingerprint density at radius 3 is 2.64 bits per heavy atom. The number of nitrogens with zero attached hydrogens (tertiary/aromatic N) is 3. The largest absolute Gasteiger partial charge is 0.396 e. The van der Waals surface area contributed by atoms with E-state index in [-0.39, 0.29) is 0 Å². The Labute approximate surface area is 82.4 Å². The first-order valence-corrected chi connectivity index (χ1v) is 4.38. The molecule has 2 aromatic heterocycles. The van der Waals surface area contributed by atoms with Gasteiger partial charge in [0, 0.05) is 25.0 Å². The fraction of sp³-hybridized carbons (Fsp3) is 0.200. The Morgan fingerprint density at radius 2 is 2.07 bits per heavy atom. The molecular weight excluding hydrogens is 176 g/mol. The minimum Gasteiger partial charge on any atom is -0.396 e. The zero-order chi connectivity index (χ0) is 10.1. The molecule has 0 saturated heterocycles. The average Bonchev–Trinajstić information content (AvgIpc) is 2.46. The summed E-state index contributed by atoms with van der Waals surface area (Å²) in [5, 5.41) is 4.09. The Hall–Kier alpha value is -1.84. The van der Waals surface area contributed by atoms with Crippen molar-refractivity contribution in [1.29, 1.82) is 0 Å². The highest BCUT2D eigenvalue weighted by Crippen LogP contribution is 2.24. The van der Waals surface area contributed by atoms with E-state index in [1.165, 1.54) is 0 Å². The number of aromatic nitrogens is 3. The lowest BCUT2D eigenvalue weighted by Gasteiger charge is -2.03. The molecule has 0 aromatic carbocycles. The van der Waals surface area contributed by atoms with Crippen LogP contribution in [0.2, 0.25) is 0 Å². The van der Waals surface area contributed by atoms with Gasteiger partial charge in [-0.25, -0.2) is 0 Å². The smallest absolute Gasteiger partial charge is 0.0924 e. The summed E-state index contributed by atoms with van der Waals surface area (Å²) in [5.74, 6) is 0. The van der Waals surface area contributed by atoms with Crippen molar-refractivity contribution in [2.24, 2.45) is 7.05 Å². The topological polar surface area (TPSA) is 56.7 Å². The minimum absolute atomic E-state index is 0.680. The number of hydrogen-bond acceptors (Lipinski definition) is 3. The van der Waals surface area contributed by atoms with Crippen LogP contribution in [-0.4, -0.2) is 14.8 Å². The molecule has 4 nitrogen and oxygen atoms in total. The number of pyridine rings is 1. The number of anilines is 1. The number of nitrogen functional groups attached to an aromatic ring is 1. The molecule has 0 spiro atoms. The molecule has 0 atom stereocenters. The summed E-state index contributed by atoms with van der Waals surface area (Å²) in [5.41, 5.74) is 9.53. The van der Waals surface area contributed by atoms with Crippen LogP contribution in [0.5, 0.6) is 0 Å². The van der Waals surface area contributed by atoms with Crippen molar-refractivity contribution in [3.63, 3.8) is 0 Å². The van der Waals surface area contributed by atoms with Crippen LogP contribution in [0.15, 0.2) is 24.7 Å². The van der Waals surface area contributed by atoms with E-state index in [4.69, 9.17) is 5.73 Å². The highest BCUT2D eigenvalue weighted by molar-refractivity contribution is 5.72. The molecule has 2 heterocycles. The molecule has 4 heteroatoms. The van der Waals surface area contributed by atoms with Crippen molar-refractivity contribution in [2.45, 2.75) is 6.92 Å². The van der Waals surface area contributed by atoms with Gasteiger partial charge >= 0.3 is 0 Å². The van der Waals surface area contributed by atoms with Crippen molar-refractivity contribution in [1.82, 2.24) is 14.8 Å². The molecule has 2 rings (SSSR count). The highest BCUT2D eigenvalue weighted by atomic mass is 15.3. The van der Waals surface area contributed by atoms with E-state index in [0.717, 1.165) is 16.8 Å². The first-order chi connectivity index (χ1) is 6.68. The summed E-state index contributed by atoms with van der Waals surface area (Å²) in [6.07, 6.45) is 5.26. The molecule has 0 aliphatic carbocycles. The van der Waals surface area contributed by atoms with Crippen molar-refractivity contribution in [2.75, 3.05) is 5.73 Å². The average molecular weight is 188 g/mol. The molecule has 0 unspecified atom stereocenters. The van der Waals surface area contributed by atoms with E-state index in [0.29, 0.717) is 5.69 Å². The number of hydrogen-bond donors (Lipinski definition) is 1. The third-order valence-corrected chi connectivity index (χ3v) is 2.12. The quantitative estimate of drug-likeness (QED) is 0.735. The highest BCUT2D eigenvalue weighted by Gasteiger charge is 2.07. The molecule has 72 valence electrons. The molecular formula is C10H12N4. The van der Waals surface area contributed by atoms with Gasteiger partial charge in [-0.2, -0.15) is 5.10 Å². The number of aryl methyl sites for hydroxylation is 2. The first-order valence-electron chi connectivity index (χ1n) is 4.38. The summed E-state index contributed by atoms with van der Waals surface area (Å²) >= 11 is 0. The van der Waals surface area contributed by atoms with E-state index in [1.807, 2.05) is 26.2 Å². The Bertz CT molecular complexity index is 439. The van der Waals surface area contributed by atoms with E-state index in [1.54, 1.807) is 17.1 Å². The van der Waals surface area contributed by atoms with Crippen LogP contribution in [0, 0.1) is 6.92 Å². The lowest BCUT2D eigenvalue weighted by molar-refractivity contribution is 0.775. The van der Waals surface area contributed by atoms with Gasteiger partial charge in [-0.1, -0.05) is 0 Å². The normalized spacial score (nSPS) is 10.4. The van der Waals surface area contributed by atoms with Gasteiger partial charge in [-0.3, -0.25) is 9.67 Å². The van der Waals surface area contributed by atoms with Crippen LogP contribution in [0.1, 0.15) is 5.56 Å². The maximum Gasteiger partial charge on any atom is 0.0924 e. The SMILES string of the molecule is Cc1cncc(-c2c(N)cnn2C)c1. The Kier molecular flexibility index (Phi) is 1.96. The van der Waals surface area contributed by atoms with Gasteiger partial charge in [-0.15, -0.1) is 0 Å². The molecule has 2 N–H and O–H groups in total. The van der Waals surface area contributed by atoms with Crippen LogP contribution in [-0.2, 0) is 7.05 Å². The van der Waals surface area contributed by atoms with Crippen molar-refractivity contribution in [3.8, 4) is 11.3 Å². The van der Waals surface area contributed by atoms with Gasteiger partial charge in [0.05, 0.1) is 17.6 Å². The molecule has 0 aliphatic heterocycles. The summed E-state index contributed by atoms with van der Waals surface area (Å²) < 4.78 is 1.76. The van der Waals surface area contributed by atoms with E-state index < -0.39 is 0 Å². The van der Waals surface area contributed by atoms with Crippen LogP contribution in [0.25, 0.3) is 11.3 Å². The van der Waals surface area contributed by atoms with Crippen LogP contribution in [0.4, 0.5) is 5.69 Å².